The maximum absolute atomic E-state index is 12.9. The van der Waals surface area contributed by atoms with E-state index in [1.165, 1.54) is 5.56 Å². The zero-order valence-electron chi connectivity index (χ0n) is 16.5. The summed E-state index contributed by atoms with van der Waals surface area (Å²) in [5.74, 6) is 0.227. The van der Waals surface area contributed by atoms with Crippen molar-refractivity contribution in [2.75, 3.05) is 11.9 Å². The Hall–Kier alpha value is -3.28. The minimum Gasteiger partial charge on any atom is -0.337 e. The first-order chi connectivity index (χ1) is 13.5. The van der Waals surface area contributed by atoms with Crippen molar-refractivity contribution in [3.8, 4) is 5.69 Å². The number of anilines is 1. The Bertz CT molecular complexity index is 991. The molecule has 6 heteroatoms. The number of hydrogen-bond acceptors (Lipinski definition) is 2. The molecule has 3 aromatic rings. The number of carbonyl (C=O) groups is 1. The van der Waals surface area contributed by atoms with Gasteiger partial charge in [0.15, 0.2) is 0 Å². The van der Waals surface area contributed by atoms with E-state index in [2.05, 4.69) is 29.7 Å². The van der Waals surface area contributed by atoms with Crippen LogP contribution in [0.2, 0.25) is 0 Å². The van der Waals surface area contributed by atoms with E-state index >= 15 is 0 Å². The SMILES string of the molecule is CCC(CNC(=O)Nc1c(C)n(C)n(-c2ccccc2)c1=O)c1ccccc1. The van der Waals surface area contributed by atoms with E-state index < -0.39 is 0 Å². The Kier molecular flexibility index (Phi) is 5.99. The third kappa shape index (κ3) is 4.01. The summed E-state index contributed by atoms with van der Waals surface area (Å²) in [6, 6.07) is 19.1. The molecule has 0 bridgehead atoms. The Morgan fingerprint density at radius 1 is 1.04 bits per heavy atom. The lowest BCUT2D eigenvalue weighted by Crippen LogP contribution is -2.34. The molecule has 6 nitrogen and oxygen atoms in total. The normalized spacial score (nSPS) is 11.8. The van der Waals surface area contributed by atoms with Crippen LogP contribution in [0.15, 0.2) is 65.5 Å². The number of carbonyl (C=O) groups excluding carboxylic acids is 1. The molecule has 1 unspecified atom stereocenters. The van der Waals surface area contributed by atoms with Crippen LogP contribution in [0.3, 0.4) is 0 Å². The minimum atomic E-state index is -0.375. The van der Waals surface area contributed by atoms with Crippen molar-refractivity contribution in [2.45, 2.75) is 26.2 Å². The van der Waals surface area contributed by atoms with Gasteiger partial charge in [0, 0.05) is 19.5 Å². The van der Waals surface area contributed by atoms with Crippen molar-refractivity contribution in [1.29, 1.82) is 0 Å². The van der Waals surface area contributed by atoms with Gasteiger partial charge in [0.1, 0.15) is 5.69 Å². The third-order valence-corrected chi connectivity index (χ3v) is 5.07. The Balaban J connectivity index is 1.73. The van der Waals surface area contributed by atoms with Gasteiger partial charge in [0.05, 0.1) is 11.4 Å². The molecule has 0 saturated heterocycles. The average Bonchev–Trinajstić information content (AvgIpc) is 2.93. The number of aromatic nitrogens is 2. The fourth-order valence-electron chi connectivity index (χ4n) is 3.31. The van der Waals surface area contributed by atoms with Crippen molar-refractivity contribution >= 4 is 11.7 Å². The van der Waals surface area contributed by atoms with Crippen LogP contribution in [-0.2, 0) is 7.05 Å². The first kappa shape index (κ1) is 19.5. The van der Waals surface area contributed by atoms with E-state index in [9.17, 15) is 9.59 Å². The maximum Gasteiger partial charge on any atom is 0.319 e. The molecule has 2 N–H and O–H groups in total. The molecule has 3 rings (SSSR count). The lowest BCUT2D eigenvalue weighted by molar-refractivity contribution is 0.251. The quantitative estimate of drug-likeness (QED) is 0.685. The number of para-hydroxylation sites is 1. The van der Waals surface area contributed by atoms with Crippen molar-refractivity contribution in [2.24, 2.45) is 7.05 Å². The second-order valence-corrected chi connectivity index (χ2v) is 6.79. The van der Waals surface area contributed by atoms with Gasteiger partial charge < -0.3 is 10.6 Å². The Labute approximate surface area is 164 Å². The molecule has 0 spiro atoms. The summed E-state index contributed by atoms with van der Waals surface area (Å²) in [7, 11) is 1.80. The minimum absolute atomic E-state index is 0.227. The van der Waals surface area contributed by atoms with Crippen LogP contribution in [0.25, 0.3) is 5.69 Å². The van der Waals surface area contributed by atoms with Gasteiger partial charge in [-0.1, -0.05) is 55.5 Å². The highest BCUT2D eigenvalue weighted by Gasteiger charge is 2.18. The summed E-state index contributed by atoms with van der Waals surface area (Å²) in [6.45, 7) is 4.41. The number of hydrogen-bond donors (Lipinski definition) is 2. The molecule has 0 aliphatic carbocycles. The van der Waals surface area contributed by atoms with Crippen molar-refractivity contribution < 1.29 is 4.79 Å². The Morgan fingerprint density at radius 2 is 1.64 bits per heavy atom. The molecular formula is C22H26N4O2. The lowest BCUT2D eigenvalue weighted by Gasteiger charge is -2.16. The predicted molar refractivity (Wildman–Crippen MR) is 112 cm³/mol. The highest BCUT2D eigenvalue weighted by molar-refractivity contribution is 5.89. The molecule has 0 aliphatic rings. The van der Waals surface area contributed by atoms with E-state index in [1.807, 2.05) is 55.5 Å². The molecule has 1 atom stereocenters. The second-order valence-electron chi connectivity index (χ2n) is 6.79. The van der Waals surface area contributed by atoms with Crippen LogP contribution in [-0.4, -0.2) is 21.9 Å². The molecule has 28 heavy (non-hydrogen) atoms. The summed E-state index contributed by atoms with van der Waals surface area (Å²) >= 11 is 0. The first-order valence-corrected chi connectivity index (χ1v) is 9.46. The van der Waals surface area contributed by atoms with Crippen LogP contribution in [0.5, 0.6) is 0 Å². The second kappa shape index (κ2) is 8.61. The smallest absolute Gasteiger partial charge is 0.319 e. The highest BCUT2D eigenvalue weighted by Crippen LogP contribution is 2.18. The third-order valence-electron chi connectivity index (χ3n) is 5.07. The summed E-state index contributed by atoms with van der Waals surface area (Å²) < 4.78 is 3.29. The largest absolute Gasteiger partial charge is 0.337 e. The van der Waals surface area contributed by atoms with Crippen molar-refractivity contribution in [3.63, 3.8) is 0 Å². The molecule has 1 heterocycles. The van der Waals surface area contributed by atoms with Crippen LogP contribution < -0.4 is 16.2 Å². The summed E-state index contributed by atoms with van der Waals surface area (Å²) in [5, 5.41) is 5.63. The number of benzene rings is 2. The van der Waals surface area contributed by atoms with E-state index in [1.54, 1.807) is 16.4 Å². The number of nitrogens with zero attached hydrogens (tertiary/aromatic N) is 2. The monoisotopic (exact) mass is 378 g/mol. The number of amides is 2. The van der Waals surface area contributed by atoms with Crippen LogP contribution >= 0.6 is 0 Å². The standard InChI is InChI=1S/C22H26N4O2/c1-4-17(18-11-7-5-8-12-18)15-23-22(28)24-20-16(2)25(3)26(21(20)27)19-13-9-6-10-14-19/h5-14,17H,4,15H2,1-3H3,(H2,23,24,28). The molecule has 0 radical (unpaired) electrons. The molecule has 0 fully saturated rings. The zero-order valence-corrected chi connectivity index (χ0v) is 16.5. The molecule has 0 aliphatic heterocycles. The molecule has 0 saturated carbocycles. The lowest BCUT2D eigenvalue weighted by atomic mass is 9.97. The van der Waals surface area contributed by atoms with Crippen molar-refractivity contribution in [1.82, 2.24) is 14.7 Å². The molecular weight excluding hydrogens is 352 g/mol. The Morgan fingerprint density at radius 3 is 2.25 bits per heavy atom. The average molecular weight is 378 g/mol. The number of rotatable bonds is 6. The van der Waals surface area contributed by atoms with Crippen LogP contribution in [0.4, 0.5) is 10.5 Å². The summed E-state index contributed by atoms with van der Waals surface area (Å²) in [4.78, 5) is 25.3. The van der Waals surface area contributed by atoms with Gasteiger partial charge in [-0.25, -0.2) is 9.48 Å². The van der Waals surface area contributed by atoms with Crippen LogP contribution in [0.1, 0.15) is 30.5 Å². The number of nitrogens with one attached hydrogen (secondary N) is 2. The van der Waals surface area contributed by atoms with Gasteiger partial charge in [-0.3, -0.25) is 9.48 Å². The zero-order chi connectivity index (χ0) is 20.1. The van der Waals surface area contributed by atoms with E-state index in [4.69, 9.17) is 0 Å². The molecule has 2 aromatic carbocycles. The van der Waals surface area contributed by atoms with Gasteiger partial charge >= 0.3 is 6.03 Å². The van der Waals surface area contributed by atoms with E-state index in [0.29, 0.717) is 12.2 Å². The van der Waals surface area contributed by atoms with Gasteiger partial charge in [-0.15, -0.1) is 0 Å². The molecule has 2 amide bonds. The van der Waals surface area contributed by atoms with Gasteiger partial charge in [0.25, 0.3) is 5.56 Å². The fourth-order valence-corrected chi connectivity index (χ4v) is 3.31. The van der Waals surface area contributed by atoms with Gasteiger partial charge in [0.2, 0.25) is 0 Å². The van der Waals surface area contributed by atoms with Gasteiger partial charge in [-0.05, 0) is 31.0 Å². The first-order valence-electron chi connectivity index (χ1n) is 9.46. The topological polar surface area (TPSA) is 68.1 Å². The number of urea groups is 1. The van der Waals surface area contributed by atoms with Gasteiger partial charge in [-0.2, -0.15) is 0 Å². The van der Waals surface area contributed by atoms with Crippen LogP contribution in [0, 0.1) is 6.92 Å². The van der Waals surface area contributed by atoms with Crippen molar-refractivity contribution in [3.05, 3.63) is 82.3 Å². The summed E-state index contributed by atoms with van der Waals surface area (Å²) in [6.07, 6.45) is 0.912. The fraction of sp³-hybridized carbons (Fsp3) is 0.273. The van der Waals surface area contributed by atoms with E-state index in [0.717, 1.165) is 12.1 Å². The molecule has 146 valence electrons. The molecule has 1 aromatic heterocycles. The maximum atomic E-state index is 12.9. The van der Waals surface area contributed by atoms with E-state index in [-0.39, 0.29) is 23.2 Å². The predicted octanol–water partition coefficient (Wildman–Crippen LogP) is 3.80. The highest BCUT2D eigenvalue weighted by atomic mass is 16.2. The summed E-state index contributed by atoms with van der Waals surface area (Å²) in [5.41, 5.74) is 2.67.